The third-order valence-electron chi connectivity index (χ3n) is 9.66. The summed E-state index contributed by atoms with van der Waals surface area (Å²) in [5.74, 6) is 7.12. The van der Waals surface area contributed by atoms with E-state index in [4.69, 9.17) is 14.7 Å². The van der Waals surface area contributed by atoms with Crippen LogP contribution in [0.15, 0.2) is 36.4 Å². The molecule has 4 amide bonds. The summed E-state index contributed by atoms with van der Waals surface area (Å²) in [6, 6.07) is 9.45. The number of benzene rings is 2. The third kappa shape index (κ3) is 7.47. The molecule has 4 aromatic rings. The highest BCUT2D eigenvalue weighted by molar-refractivity contribution is 5.87. The quantitative estimate of drug-likeness (QED) is 0.162. The second-order valence-electron chi connectivity index (χ2n) is 13.9. The van der Waals surface area contributed by atoms with Gasteiger partial charge in [-0.2, -0.15) is 0 Å². The number of H-pyrrole nitrogens is 2. The number of methoxy groups -OCH3 is 1. The summed E-state index contributed by atoms with van der Waals surface area (Å²) in [5, 5.41) is 14.3. The smallest absolute Gasteiger partial charge is 0.407 e. The molecule has 0 aliphatic carbocycles. The van der Waals surface area contributed by atoms with Crippen LogP contribution < -0.4 is 10.6 Å². The Labute approximate surface area is 295 Å². The van der Waals surface area contributed by atoms with Crippen LogP contribution in [0.1, 0.15) is 88.2 Å². The van der Waals surface area contributed by atoms with Gasteiger partial charge < -0.3 is 40.2 Å². The fourth-order valence-corrected chi connectivity index (χ4v) is 7.01. The summed E-state index contributed by atoms with van der Waals surface area (Å²) in [6.07, 6.45) is 1.26. The lowest BCUT2D eigenvalue weighted by Crippen LogP contribution is -2.51. The molecule has 5 N–H and O–H groups in total. The molecule has 0 saturated carbocycles. The lowest BCUT2D eigenvalue weighted by molar-refractivity contribution is -0.136. The number of carbonyl (C=O) groups is 4. The average molecular weight is 697 g/mol. The van der Waals surface area contributed by atoms with Crippen molar-refractivity contribution >= 4 is 46.1 Å². The number of aromatic amines is 2. The number of nitrogens with one attached hydrogen (secondary N) is 4. The third-order valence-corrected chi connectivity index (χ3v) is 9.66. The van der Waals surface area contributed by atoms with Crippen molar-refractivity contribution in [1.82, 2.24) is 40.4 Å². The molecule has 2 aliphatic rings. The highest BCUT2D eigenvalue weighted by Crippen LogP contribution is 2.34. The van der Waals surface area contributed by atoms with E-state index in [9.17, 15) is 24.3 Å². The Hall–Kier alpha value is -5.58. The molecule has 0 unspecified atom stereocenters. The summed E-state index contributed by atoms with van der Waals surface area (Å²) >= 11 is 0. The number of aromatic nitrogens is 4. The minimum atomic E-state index is -1.22. The summed E-state index contributed by atoms with van der Waals surface area (Å²) < 4.78 is 4.74. The summed E-state index contributed by atoms with van der Waals surface area (Å²) in [6.45, 7) is 8.53. The Balaban J connectivity index is 1.18. The highest BCUT2D eigenvalue weighted by atomic mass is 16.5. The van der Waals surface area contributed by atoms with Crippen LogP contribution in [0.4, 0.5) is 9.59 Å². The maximum Gasteiger partial charge on any atom is 0.407 e. The standard InChI is InChI=1S/C37H44N8O6/c1-20(2)30(42-36(48)49)34(46)44-16-6-8-28(44)32-38-24-14-12-22(18-26(24)40-32)10-11-23-13-15-25-27(19-23)41-33(39-25)29-9-7-17-45(29)35(47)31(21(3)4)43-37(50)51-5/h12-15,18-21,28-31,42H,6-9,16-17H2,1-5H3,(H,38,40)(H,39,41)(H,43,50)(H,48,49)/t28-,29-,30-,31-/m0/s1. The van der Waals surface area contributed by atoms with Gasteiger partial charge in [0.25, 0.3) is 0 Å². The zero-order valence-corrected chi connectivity index (χ0v) is 29.4. The van der Waals surface area contributed by atoms with E-state index in [2.05, 4.69) is 32.4 Å². The van der Waals surface area contributed by atoms with Crippen molar-refractivity contribution in [2.24, 2.45) is 11.8 Å². The summed E-state index contributed by atoms with van der Waals surface area (Å²) in [5.41, 5.74) is 4.71. The fraction of sp³-hybridized carbons (Fsp3) is 0.459. The monoisotopic (exact) mass is 696 g/mol. The van der Waals surface area contributed by atoms with Crippen molar-refractivity contribution in [3.63, 3.8) is 0 Å². The molecule has 0 bridgehead atoms. The van der Waals surface area contributed by atoms with Crippen molar-refractivity contribution in [2.75, 3.05) is 20.2 Å². The van der Waals surface area contributed by atoms with E-state index in [1.165, 1.54) is 7.11 Å². The van der Waals surface area contributed by atoms with Crippen LogP contribution >= 0.6 is 0 Å². The number of hydrogen-bond acceptors (Lipinski definition) is 7. The Morgan fingerprint density at radius 3 is 1.65 bits per heavy atom. The van der Waals surface area contributed by atoms with Crippen LogP contribution in [0.3, 0.4) is 0 Å². The lowest BCUT2D eigenvalue weighted by Gasteiger charge is -2.29. The molecule has 0 spiro atoms. The van der Waals surface area contributed by atoms with Crippen molar-refractivity contribution in [1.29, 1.82) is 0 Å². The summed E-state index contributed by atoms with van der Waals surface area (Å²) in [4.78, 5) is 70.1. The van der Waals surface area contributed by atoms with Crippen LogP contribution in [0.25, 0.3) is 22.1 Å². The second-order valence-corrected chi connectivity index (χ2v) is 13.9. The van der Waals surface area contributed by atoms with E-state index >= 15 is 0 Å². The largest absolute Gasteiger partial charge is 0.465 e. The molecule has 6 rings (SSSR count). The van der Waals surface area contributed by atoms with Gasteiger partial charge in [0.1, 0.15) is 23.7 Å². The second kappa shape index (κ2) is 14.7. The van der Waals surface area contributed by atoms with Crippen LogP contribution in [0.2, 0.25) is 0 Å². The molecule has 2 saturated heterocycles. The number of likely N-dealkylation sites (tertiary alicyclic amines) is 2. The molecule has 268 valence electrons. The number of rotatable bonds is 8. The van der Waals surface area contributed by atoms with Gasteiger partial charge in [-0.1, -0.05) is 39.5 Å². The number of amides is 4. The van der Waals surface area contributed by atoms with E-state index in [0.29, 0.717) is 24.7 Å². The maximum atomic E-state index is 13.5. The Kier molecular flexibility index (Phi) is 10.2. The molecular formula is C37H44N8O6. The van der Waals surface area contributed by atoms with Crippen LogP contribution in [0, 0.1) is 23.7 Å². The van der Waals surface area contributed by atoms with E-state index in [1.54, 1.807) is 9.80 Å². The number of carboxylic acid groups (broad SMARTS) is 1. The number of carbonyl (C=O) groups excluding carboxylic acids is 3. The molecule has 4 atom stereocenters. The molecule has 2 aliphatic heterocycles. The van der Waals surface area contributed by atoms with Gasteiger partial charge in [0.2, 0.25) is 11.8 Å². The van der Waals surface area contributed by atoms with Gasteiger partial charge in [-0.15, -0.1) is 0 Å². The highest BCUT2D eigenvalue weighted by Gasteiger charge is 2.39. The molecule has 2 aromatic heterocycles. The zero-order valence-electron chi connectivity index (χ0n) is 29.4. The fourth-order valence-electron chi connectivity index (χ4n) is 7.01. The molecule has 14 heteroatoms. The minimum Gasteiger partial charge on any atom is -0.465 e. The van der Waals surface area contributed by atoms with E-state index in [-0.39, 0.29) is 35.7 Å². The normalized spacial score (nSPS) is 18.6. The van der Waals surface area contributed by atoms with Crippen LogP contribution in [-0.2, 0) is 14.3 Å². The molecule has 0 radical (unpaired) electrons. The van der Waals surface area contributed by atoms with Gasteiger partial charge in [-0.3, -0.25) is 9.59 Å². The number of imidazole rings is 2. The maximum absolute atomic E-state index is 13.5. The van der Waals surface area contributed by atoms with Gasteiger partial charge in [-0.25, -0.2) is 19.6 Å². The molecular weight excluding hydrogens is 652 g/mol. The van der Waals surface area contributed by atoms with E-state index in [1.807, 2.05) is 64.1 Å². The summed E-state index contributed by atoms with van der Waals surface area (Å²) in [7, 11) is 1.28. The van der Waals surface area contributed by atoms with Gasteiger partial charge in [-0.05, 0) is 73.9 Å². The first-order valence-corrected chi connectivity index (χ1v) is 17.4. The molecule has 4 heterocycles. The SMILES string of the molecule is COC(=O)N[C@H](C(=O)N1CCC[C@H]1c1nc2ccc(C#Cc3ccc4nc([C@@H]5CCCN5C(=O)[C@@H](NC(=O)O)C(C)C)[nH]c4c3)cc2[nH]1)C(C)C. The van der Waals surface area contributed by atoms with Crippen molar-refractivity contribution in [3.05, 3.63) is 59.2 Å². The first-order chi connectivity index (χ1) is 24.4. The zero-order chi connectivity index (χ0) is 36.4. The van der Waals surface area contributed by atoms with Gasteiger partial charge in [0.05, 0.1) is 41.3 Å². The number of hydrogen-bond donors (Lipinski definition) is 5. The Morgan fingerprint density at radius 2 is 1.24 bits per heavy atom. The lowest BCUT2D eigenvalue weighted by atomic mass is 10.0. The first-order valence-electron chi connectivity index (χ1n) is 17.4. The molecule has 2 aromatic carbocycles. The number of fused-ring (bicyclic) bond motifs is 2. The first kappa shape index (κ1) is 35.3. The molecule has 14 nitrogen and oxygen atoms in total. The number of nitrogens with zero attached hydrogens (tertiary/aromatic N) is 4. The van der Waals surface area contributed by atoms with Crippen LogP contribution in [0.5, 0.6) is 0 Å². The van der Waals surface area contributed by atoms with Gasteiger partial charge in [0, 0.05) is 24.2 Å². The van der Waals surface area contributed by atoms with Crippen molar-refractivity contribution < 1.29 is 29.0 Å². The number of alkyl carbamates (subject to hydrolysis) is 1. The van der Waals surface area contributed by atoms with Crippen LogP contribution in [-0.4, -0.2) is 91.1 Å². The predicted octanol–water partition coefficient (Wildman–Crippen LogP) is 4.84. The Bertz CT molecular complexity index is 2020. The van der Waals surface area contributed by atoms with Crippen molar-refractivity contribution in [3.8, 4) is 11.8 Å². The van der Waals surface area contributed by atoms with Gasteiger partial charge >= 0.3 is 12.2 Å². The van der Waals surface area contributed by atoms with E-state index < -0.39 is 24.3 Å². The van der Waals surface area contributed by atoms with E-state index in [0.717, 1.165) is 58.9 Å². The predicted molar refractivity (Wildman–Crippen MR) is 189 cm³/mol. The number of ether oxygens (including phenoxy) is 1. The average Bonchev–Trinajstić information content (AvgIpc) is 3.92. The molecule has 51 heavy (non-hydrogen) atoms. The topological polar surface area (TPSA) is 186 Å². The molecule has 2 fully saturated rings. The minimum absolute atomic E-state index is 0.119. The van der Waals surface area contributed by atoms with Gasteiger partial charge in [0.15, 0.2) is 0 Å². The van der Waals surface area contributed by atoms with Crippen molar-refractivity contribution in [2.45, 2.75) is 77.5 Å². The Morgan fingerprint density at radius 1 is 0.784 bits per heavy atom.